The van der Waals surface area contributed by atoms with E-state index < -0.39 is 0 Å². The standard InChI is InChI=1S/C14H18N4O/c1-14(2)7-10(11(14)19-3)18-13-9-5-4-6-15-12(9)16-8-17-13/h4-6,8,10-11H,7H2,1-3H3,(H,15,16,17,18). The minimum atomic E-state index is 0.203. The van der Waals surface area contributed by atoms with E-state index in [9.17, 15) is 0 Å². The number of hydrogen-bond donors (Lipinski definition) is 1. The summed E-state index contributed by atoms with van der Waals surface area (Å²) in [7, 11) is 1.76. The molecule has 19 heavy (non-hydrogen) atoms. The smallest absolute Gasteiger partial charge is 0.164 e. The van der Waals surface area contributed by atoms with Gasteiger partial charge in [0.2, 0.25) is 0 Å². The zero-order valence-corrected chi connectivity index (χ0v) is 11.4. The molecule has 0 radical (unpaired) electrons. The van der Waals surface area contributed by atoms with E-state index in [0.717, 1.165) is 17.6 Å². The van der Waals surface area contributed by atoms with Gasteiger partial charge in [-0.1, -0.05) is 13.8 Å². The first-order valence-electron chi connectivity index (χ1n) is 6.47. The van der Waals surface area contributed by atoms with Crippen molar-refractivity contribution in [2.24, 2.45) is 5.41 Å². The highest BCUT2D eigenvalue weighted by molar-refractivity contribution is 5.86. The van der Waals surface area contributed by atoms with E-state index in [2.05, 4.69) is 34.1 Å². The third kappa shape index (κ3) is 2.04. The Bertz CT molecular complexity index is 594. The lowest BCUT2D eigenvalue weighted by molar-refractivity contribution is -0.0801. The Morgan fingerprint density at radius 1 is 1.32 bits per heavy atom. The fourth-order valence-corrected chi connectivity index (χ4v) is 2.97. The van der Waals surface area contributed by atoms with E-state index in [4.69, 9.17) is 4.74 Å². The molecule has 2 aromatic rings. The highest BCUT2D eigenvalue weighted by Gasteiger charge is 2.48. The summed E-state index contributed by atoms with van der Waals surface area (Å²) in [6.07, 6.45) is 4.55. The van der Waals surface area contributed by atoms with Gasteiger partial charge in [-0.3, -0.25) is 0 Å². The third-order valence-electron chi connectivity index (χ3n) is 3.87. The number of ether oxygens (including phenoxy) is 1. The van der Waals surface area contributed by atoms with Crippen molar-refractivity contribution in [1.82, 2.24) is 15.0 Å². The average Bonchev–Trinajstić information content (AvgIpc) is 2.38. The summed E-state index contributed by atoms with van der Waals surface area (Å²) in [6.45, 7) is 4.44. The molecule has 5 heteroatoms. The van der Waals surface area contributed by atoms with E-state index in [1.165, 1.54) is 0 Å². The molecule has 100 valence electrons. The molecule has 1 aliphatic rings. The van der Waals surface area contributed by atoms with Gasteiger partial charge >= 0.3 is 0 Å². The van der Waals surface area contributed by atoms with Gasteiger partial charge in [0.15, 0.2) is 5.65 Å². The minimum absolute atomic E-state index is 0.203. The molecule has 3 rings (SSSR count). The first-order valence-corrected chi connectivity index (χ1v) is 6.47. The summed E-state index contributed by atoms with van der Waals surface area (Å²) >= 11 is 0. The van der Waals surface area contributed by atoms with E-state index in [0.29, 0.717) is 11.7 Å². The van der Waals surface area contributed by atoms with Gasteiger partial charge in [-0.05, 0) is 24.0 Å². The summed E-state index contributed by atoms with van der Waals surface area (Å²) in [5.41, 5.74) is 0.931. The maximum atomic E-state index is 5.58. The van der Waals surface area contributed by atoms with Crippen molar-refractivity contribution in [1.29, 1.82) is 0 Å². The topological polar surface area (TPSA) is 59.9 Å². The minimum Gasteiger partial charge on any atom is -0.379 e. The summed E-state index contributed by atoms with van der Waals surface area (Å²) in [6, 6.07) is 4.17. The number of nitrogens with one attached hydrogen (secondary N) is 1. The van der Waals surface area contributed by atoms with Crippen LogP contribution in [0.2, 0.25) is 0 Å². The SMILES string of the molecule is COC1C(Nc2ncnc3ncccc23)CC1(C)C. The number of fused-ring (bicyclic) bond motifs is 1. The summed E-state index contributed by atoms with van der Waals surface area (Å²) in [4.78, 5) is 12.7. The van der Waals surface area contributed by atoms with Crippen molar-refractivity contribution in [2.75, 3.05) is 12.4 Å². The molecule has 5 nitrogen and oxygen atoms in total. The van der Waals surface area contributed by atoms with Crippen molar-refractivity contribution in [3.05, 3.63) is 24.7 Å². The molecule has 1 aliphatic carbocycles. The number of hydrogen-bond acceptors (Lipinski definition) is 5. The first-order chi connectivity index (χ1) is 9.12. The lowest BCUT2D eigenvalue weighted by Gasteiger charge is -2.50. The van der Waals surface area contributed by atoms with Gasteiger partial charge in [-0.25, -0.2) is 15.0 Å². The van der Waals surface area contributed by atoms with Gasteiger partial charge in [0, 0.05) is 13.3 Å². The van der Waals surface area contributed by atoms with E-state index in [1.54, 1.807) is 19.6 Å². The van der Waals surface area contributed by atoms with Crippen LogP contribution >= 0.6 is 0 Å². The maximum absolute atomic E-state index is 5.58. The lowest BCUT2D eigenvalue weighted by atomic mass is 9.65. The number of rotatable bonds is 3. The molecule has 2 heterocycles. The zero-order valence-electron chi connectivity index (χ0n) is 11.4. The van der Waals surface area contributed by atoms with Crippen LogP contribution in [0.4, 0.5) is 5.82 Å². The van der Waals surface area contributed by atoms with Crippen molar-refractivity contribution in [3.8, 4) is 0 Å². The molecule has 2 atom stereocenters. The Morgan fingerprint density at radius 3 is 2.89 bits per heavy atom. The first kappa shape index (κ1) is 12.3. The third-order valence-corrected chi connectivity index (χ3v) is 3.87. The summed E-state index contributed by atoms with van der Waals surface area (Å²) in [5, 5.41) is 4.41. The Hall–Kier alpha value is -1.75. The molecule has 0 saturated heterocycles. The molecule has 0 bridgehead atoms. The molecular weight excluding hydrogens is 240 g/mol. The zero-order chi connectivity index (χ0) is 13.5. The van der Waals surface area contributed by atoms with Crippen molar-refractivity contribution in [2.45, 2.75) is 32.4 Å². The fraction of sp³-hybridized carbons (Fsp3) is 0.500. The second-order valence-electron chi connectivity index (χ2n) is 5.70. The number of anilines is 1. The van der Waals surface area contributed by atoms with Gasteiger partial charge in [-0.2, -0.15) is 0 Å². The average molecular weight is 258 g/mol. The van der Waals surface area contributed by atoms with Gasteiger partial charge in [-0.15, -0.1) is 0 Å². The van der Waals surface area contributed by atoms with Crippen molar-refractivity contribution in [3.63, 3.8) is 0 Å². The molecule has 1 fully saturated rings. The van der Waals surface area contributed by atoms with Crippen LogP contribution in [0.5, 0.6) is 0 Å². The Labute approximate surface area is 112 Å². The normalized spacial score (nSPS) is 25.0. The van der Waals surface area contributed by atoms with Gasteiger partial charge < -0.3 is 10.1 Å². The molecule has 2 aromatic heterocycles. The molecule has 1 N–H and O–H groups in total. The largest absolute Gasteiger partial charge is 0.379 e. The van der Waals surface area contributed by atoms with Crippen LogP contribution in [0.15, 0.2) is 24.7 Å². The Kier molecular flexibility index (Phi) is 2.86. The Morgan fingerprint density at radius 2 is 2.16 bits per heavy atom. The molecule has 0 spiro atoms. The van der Waals surface area contributed by atoms with Crippen LogP contribution < -0.4 is 5.32 Å². The molecule has 1 saturated carbocycles. The van der Waals surface area contributed by atoms with E-state index in [-0.39, 0.29) is 11.5 Å². The van der Waals surface area contributed by atoms with E-state index in [1.807, 2.05) is 12.1 Å². The Balaban J connectivity index is 1.87. The predicted octanol–water partition coefficient (Wildman–Crippen LogP) is 2.25. The molecule has 0 aromatic carbocycles. The number of pyridine rings is 1. The monoisotopic (exact) mass is 258 g/mol. The van der Waals surface area contributed by atoms with Crippen LogP contribution in [0.25, 0.3) is 11.0 Å². The van der Waals surface area contributed by atoms with Crippen LogP contribution in [0.3, 0.4) is 0 Å². The van der Waals surface area contributed by atoms with Crippen LogP contribution in [0, 0.1) is 5.41 Å². The van der Waals surface area contributed by atoms with Crippen molar-refractivity contribution >= 4 is 16.9 Å². The van der Waals surface area contributed by atoms with Gasteiger partial charge in [0.1, 0.15) is 12.1 Å². The highest BCUT2D eigenvalue weighted by atomic mass is 16.5. The van der Waals surface area contributed by atoms with Crippen molar-refractivity contribution < 1.29 is 4.74 Å². The molecule has 0 amide bonds. The van der Waals surface area contributed by atoms with Crippen LogP contribution in [0.1, 0.15) is 20.3 Å². The maximum Gasteiger partial charge on any atom is 0.164 e. The van der Waals surface area contributed by atoms with Crippen LogP contribution in [-0.2, 0) is 4.74 Å². The quantitative estimate of drug-likeness (QED) is 0.915. The van der Waals surface area contributed by atoms with Gasteiger partial charge in [0.05, 0.1) is 17.5 Å². The number of nitrogens with zero attached hydrogens (tertiary/aromatic N) is 3. The number of methoxy groups -OCH3 is 1. The second kappa shape index (κ2) is 4.42. The summed E-state index contributed by atoms with van der Waals surface area (Å²) < 4.78 is 5.58. The molecule has 2 unspecified atom stereocenters. The molecular formula is C14H18N4O. The molecule has 0 aliphatic heterocycles. The van der Waals surface area contributed by atoms with Crippen LogP contribution in [-0.4, -0.2) is 34.2 Å². The number of aromatic nitrogens is 3. The second-order valence-corrected chi connectivity index (χ2v) is 5.70. The predicted molar refractivity (Wildman–Crippen MR) is 73.9 cm³/mol. The highest BCUT2D eigenvalue weighted by Crippen LogP contribution is 2.43. The fourth-order valence-electron chi connectivity index (χ4n) is 2.97. The van der Waals surface area contributed by atoms with Gasteiger partial charge in [0.25, 0.3) is 0 Å². The summed E-state index contributed by atoms with van der Waals surface area (Å²) in [5.74, 6) is 0.834. The lowest BCUT2D eigenvalue weighted by Crippen LogP contribution is -2.57. The van der Waals surface area contributed by atoms with E-state index >= 15 is 0 Å².